The van der Waals surface area contributed by atoms with E-state index in [1.165, 1.54) is 7.11 Å². The second-order valence-corrected chi connectivity index (χ2v) is 4.40. The van der Waals surface area contributed by atoms with Crippen molar-refractivity contribution in [3.05, 3.63) is 0 Å². The molecule has 112 valence electrons. The van der Waals surface area contributed by atoms with Gasteiger partial charge in [0.2, 0.25) is 5.91 Å². The van der Waals surface area contributed by atoms with Crippen molar-refractivity contribution in [1.29, 1.82) is 0 Å². The number of thiocarbonyl (C=S) groups is 1. The highest BCUT2D eigenvalue weighted by molar-refractivity contribution is 7.80. The summed E-state index contributed by atoms with van der Waals surface area (Å²) in [5.74, 6) is -0.698. The predicted molar refractivity (Wildman–Crippen MR) is 68.8 cm³/mol. The fourth-order valence-corrected chi connectivity index (χ4v) is 1.31. The maximum absolute atomic E-state index is 11.9. The Morgan fingerprint density at radius 2 is 2.05 bits per heavy atom. The third kappa shape index (κ3) is 11.9. The lowest BCUT2D eigenvalue weighted by Gasteiger charge is -2.21. The van der Waals surface area contributed by atoms with Crippen molar-refractivity contribution in [1.82, 2.24) is 10.2 Å². The Balaban J connectivity index is 4.13. The lowest BCUT2D eigenvalue weighted by atomic mass is 10.3. The molecule has 0 fully saturated rings. The molecule has 3 N–H and O–H groups in total. The van der Waals surface area contributed by atoms with E-state index in [1.54, 1.807) is 10.2 Å². The van der Waals surface area contributed by atoms with E-state index in [0.29, 0.717) is 26.1 Å². The summed E-state index contributed by atoms with van der Waals surface area (Å²) in [6.45, 7) is -0.304. The van der Waals surface area contributed by atoms with Gasteiger partial charge in [-0.25, -0.2) is 0 Å². The Kier molecular flexibility index (Phi) is 8.61. The summed E-state index contributed by atoms with van der Waals surface area (Å²) in [5, 5.41) is 1.81. The van der Waals surface area contributed by atoms with Crippen LogP contribution in [-0.2, 0) is 9.53 Å². The van der Waals surface area contributed by atoms with E-state index < -0.39 is 18.6 Å². The molecule has 0 spiro atoms. The van der Waals surface area contributed by atoms with Gasteiger partial charge in [-0.05, 0) is 0 Å². The summed E-state index contributed by atoms with van der Waals surface area (Å²) >= 11 is 4.71. The third-order valence-corrected chi connectivity index (χ3v) is 2.34. The Labute approximate surface area is 115 Å². The van der Waals surface area contributed by atoms with Gasteiger partial charge in [-0.3, -0.25) is 9.69 Å². The van der Waals surface area contributed by atoms with Gasteiger partial charge in [-0.2, -0.15) is 13.2 Å². The number of nitrogens with two attached hydrogens (primary N) is 1. The highest BCUT2D eigenvalue weighted by Crippen LogP contribution is 2.11. The fourth-order valence-electron chi connectivity index (χ4n) is 1.22. The minimum Gasteiger partial charge on any atom is -0.393 e. The zero-order valence-electron chi connectivity index (χ0n) is 10.6. The minimum absolute atomic E-state index is 0.151. The van der Waals surface area contributed by atoms with Crippen LogP contribution in [0.2, 0.25) is 0 Å². The Morgan fingerprint density at radius 3 is 2.53 bits per heavy atom. The molecule has 0 bridgehead atoms. The molecule has 0 aromatic heterocycles. The van der Waals surface area contributed by atoms with Gasteiger partial charge in [0, 0.05) is 26.6 Å². The normalized spacial score (nSPS) is 11.6. The molecule has 0 rings (SSSR count). The molecule has 0 saturated heterocycles. The number of nitrogens with one attached hydrogen (secondary N) is 1. The van der Waals surface area contributed by atoms with Crippen molar-refractivity contribution >= 4 is 23.1 Å². The van der Waals surface area contributed by atoms with Crippen LogP contribution in [0.25, 0.3) is 0 Å². The number of methoxy groups -OCH3 is 1. The predicted octanol–water partition coefficient (Wildman–Crippen LogP) is 0.289. The molecule has 5 nitrogen and oxygen atoms in total. The Hall–Kier alpha value is -0.930. The highest BCUT2D eigenvalue weighted by Gasteiger charge is 2.27. The third-order valence-electron chi connectivity index (χ3n) is 2.14. The quantitative estimate of drug-likeness (QED) is 0.599. The van der Waals surface area contributed by atoms with Crippen molar-refractivity contribution < 1.29 is 22.7 Å². The fraction of sp³-hybridized carbons (Fsp3) is 0.800. The van der Waals surface area contributed by atoms with E-state index in [2.05, 4.69) is 0 Å². The monoisotopic (exact) mass is 301 g/mol. The zero-order valence-corrected chi connectivity index (χ0v) is 11.4. The van der Waals surface area contributed by atoms with Gasteiger partial charge in [0.05, 0.1) is 18.1 Å². The molecule has 0 unspecified atom stereocenters. The van der Waals surface area contributed by atoms with Gasteiger partial charge < -0.3 is 15.8 Å². The zero-order chi connectivity index (χ0) is 14.9. The summed E-state index contributed by atoms with van der Waals surface area (Å²) in [4.78, 5) is 13.3. The van der Waals surface area contributed by atoms with Crippen LogP contribution in [0.4, 0.5) is 13.2 Å². The molecule has 0 aromatic carbocycles. The van der Waals surface area contributed by atoms with Crippen LogP contribution in [-0.4, -0.2) is 61.9 Å². The molecule has 0 aliphatic carbocycles. The maximum atomic E-state index is 11.9. The molecule has 9 heteroatoms. The number of ether oxygens (including phenoxy) is 1. The number of carbonyl (C=O) groups excluding carboxylic acids is 1. The lowest BCUT2D eigenvalue weighted by molar-refractivity contribution is -0.139. The van der Waals surface area contributed by atoms with Crippen LogP contribution in [0.3, 0.4) is 0 Å². The Bertz CT molecular complexity index is 300. The summed E-state index contributed by atoms with van der Waals surface area (Å²) in [5.41, 5.74) is 5.34. The largest absolute Gasteiger partial charge is 0.405 e. The van der Waals surface area contributed by atoms with Gasteiger partial charge >= 0.3 is 6.18 Å². The first-order valence-electron chi connectivity index (χ1n) is 5.57. The van der Waals surface area contributed by atoms with Crippen LogP contribution in [0.1, 0.15) is 6.42 Å². The van der Waals surface area contributed by atoms with Crippen molar-refractivity contribution in [3.8, 4) is 0 Å². The van der Waals surface area contributed by atoms with Crippen molar-refractivity contribution in [3.63, 3.8) is 0 Å². The average molecular weight is 301 g/mol. The first-order chi connectivity index (χ1) is 8.74. The molecule has 19 heavy (non-hydrogen) atoms. The van der Waals surface area contributed by atoms with Crippen LogP contribution < -0.4 is 11.1 Å². The maximum Gasteiger partial charge on any atom is 0.405 e. The summed E-state index contributed by atoms with van der Waals surface area (Å²) in [6, 6.07) is 0. The van der Waals surface area contributed by atoms with Gasteiger partial charge in [-0.1, -0.05) is 12.2 Å². The SMILES string of the molecule is COCCN(CCC(N)=S)CC(=O)NCC(F)(F)F. The lowest BCUT2D eigenvalue weighted by Crippen LogP contribution is -2.42. The first-order valence-corrected chi connectivity index (χ1v) is 5.98. The topological polar surface area (TPSA) is 67.6 Å². The van der Waals surface area contributed by atoms with Crippen molar-refractivity contribution in [2.75, 3.05) is 39.9 Å². The number of hydrogen-bond acceptors (Lipinski definition) is 4. The van der Waals surface area contributed by atoms with E-state index in [9.17, 15) is 18.0 Å². The highest BCUT2D eigenvalue weighted by atomic mass is 32.1. The summed E-state index contributed by atoms with van der Waals surface area (Å²) in [7, 11) is 1.50. The number of halogens is 3. The van der Waals surface area contributed by atoms with Crippen molar-refractivity contribution in [2.24, 2.45) is 5.73 Å². The average Bonchev–Trinajstić information content (AvgIpc) is 2.29. The number of hydrogen-bond donors (Lipinski definition) is 2. The molecule has 0 radical (unpaired) electrons. The number of carbonyl (C=O) groups is 1. The number of nitrogens with zero attached hydrogens (tertiary/aromatic N) is 1. The molecule has 0 atom stereocenters. The van der Waals surface area contributed by atoms with Gasteiger partial charge in [-0.15, -0.1) is 0 Å². The molecule has 0 saturated carbocycles. The summed E-state index contributed by atoms with van der Waals surface area (Å²) in [6.07, 6.45) is -4.02. The standard InChI is InChI=1S/C10H18F3N3O2S/c1-18-5-4-16(3-2-8(14)19)6-9(17)15-7-10(11,12)13/h2-7H2,1H3,(H2,14,19)(H,15,17). The van der Waals surface area contributed by atoms with Crippen LogP contribution >= 0.6 is 12.2 Å². The molecule has 0 heterocycles. The van der Waals surface area contributed by atoms with Gasteiger partial charge in [0.25, 0.3) is 0 Å². The molecule has 0 aliphatic heterocycles. The van der Waals surface area contributed by atoms with E-state index >= 15 is 0 Å². The van der Waals surface area contributed by atoms with Crippen LogP contribution in [0.15, 0.2) is 0 Å². The number of alkyl halides is 3. The molecular formula is C10H18F3N3O2S. The second kappa shape index (κ2) is 9.05. The molecule has 0 aliphatic rings. The van der Waals surface area contributed by atoms with Crippen molar-refractivity contribution in [2.45, 2.75) is 12.6 Å². The Morgan fingerprint density at radius 1 is 1.42 bits per heavy atom. The van der Waals surface area contributed by atoms with Gasteiger partial charge in [0.15, 0.2) is 0 Å². The second-order valence-electron chi connectivity index (χ2n) is 3.88. The van der Waals surface area contributed by atoms with E-state index in [1.807, 2.05) is 0 Å². The van der Waals surface area contributed by atoms with E-state index in [0.717, 1.165) is 0 Å². The van der Waals surface area contributed by atoms with E-state index in [4.69, 9.17) is 22.7 Å². The van der Waals surface area contributed by atoms with Crippen LogP contribution in [0, 0.1) is 0 Å². The van der Waals surface area contributed by atoms with Crippen LogP contribution in [0.5, 0.6) is 0 Å². The molecule has 0 aromatic rings. The minimum atomic E-state index is -4.41. The summed E-state index contributed by atoms with van der Waals surface area (Å²) < 4.78 is 40.6. The smallest absolute Gasteiger partial charge is 0.393 e. The number of amides is 1. The first kappa shape index (κ1) is 18.1. The molecule has 1 amide bonds. The number of rotatable bonds is 9. The van der Waals surface area contributed by atoms with E-state index in [-0.39, 0.29) is 11.5 Å². The molecular weight excluding hydrogens is 283 g/mol. The van der Waals surface area contributed by atoms with Gasteiger partial charge in [0.1, 0.15) is 6.54 Å².